The molecule has 1 aliphatic heterocycles. The SMILES string of the molecule is CCC(c1nnnn1Cc1ccc(OC)cc1)N1CCN(c2ccccc2OC)CC1. The Hall–Kier alpha value is -3.13. The average molecular weight is 423 g/mol. The number of rotatable bonds is 8. The molecule has 8 heteroatoms. The lowest BCUT2D eigenvalue weighted by molar-refractivity contribution is 0.169. The molecule has 0 N–H and O–H groups in total. The first-order valence-electron chi connectivity index (χ1n) is 10.7. The van der Waals surface area contributed by atoms with Gasteiger partial charge in [0, 0.05) is 26.2 Å². The number of hydrogen-bond donors (Lipinski definition) is 0. The first kappa shape index (κ1) is 21.1. The Morgan fingerprint density at radius 2 is 1.68 bits per heavy atom. The maximum atomic E-state index is 5.55. The Morgan fingerprint density at radius 3 is 2.35 bits per heavy atom. The summed E-state index contributed by atoms with van der Waals surface area (Å²) < 4.78 is 12.7. The minimum atomic E-state index is 0.188. The van der Waals surface area contributed by atoms with Gasteiger partial charge in [-0.25, -0.2) is 4.68 Å². The van der Waals surface area contributed by atoms with E-state index in [-0.39, 0.29) is 6.04 Å². The van der Waals surface area contributed by atoms with Gasteiger partial charge in [-0.15, -0.1) is 5.10 Å². The van der Waals surface area contributed by atoms with Gasteiger partial charge in [-0.2, -0.15) is 0 Å². The van der Waals surface area contributed by atoms with Crippen LogP contribution in [0.15, 0.2) is 48.5 Å². The predicted octanol–water partition coefficient (Wildman–Crippen LogP) is 3.01. The Bertz CT molecular complexity index is 966. The van der Waals surface area contributed by atoms with Crippen molar-refractivity contribution in [1.29, 1.82) is 0 Å². The van der Waals surface area contributed by atoms with Crippen molar-refractivity contribution in [3.05, 3.63) is 59.9 Å². The van der Waals surface area contributed by atoms with Crippen LogP contribution >= 0.6 is 0 Å². The highest BCUT2D eigenvalue weighted by atomic mass is 16.5. The fourth-order valence-corrected chi connectivity index (χ4v) is 4.24. The highest BCUT2D eigenvalue weighted by Crippen LogP contribution is 2.30. The molecule has 0 radical (unpaired) electrons. The van der Waals surface area contributed by atoms with Crippen LogP contribution in [0.2, 0.25) is 0 Å². The van der Waals surface area contributed by atoms with Crippen molar-refractivity contribution in [3.63, 3.8) is 0 Å². The molecular formula is C23H30N6O2. The topological polar surface area (TPSA) is 68.5 Å². The van der Waals surface area contributed by atoms with Crippen molar-refractivity contribution >= 4 is 5.69 Å². The van der Waals surface area contributed by atoms with Crippen molar-refractivity contribution in [2.24, 2.45) is 0 Å². The van der Waals surface area contributed by atoms with Crippen LogP contribution in [0, 0.1) is 0 Å². The average Bonchev–Trinajstić information content (AvgIpc) is 3.28. The fraction of sp³-hybridized carbons (Fsp3) is 0.435. The van der Waals surface area contributed by atoms with E-state index < -0.39 is 0 Å². The van der Waals surface area contributed by atoms with Crippen molar-refractivity contribution in [3.8, 4) is 11.5 Å². The third-order valence-electron chi connectivity index (χ3n) is 5.92. The maximum Gasteiger partial charge on any atom is 0.168 e. The monoisotopic (exact) mass is 422 g/mol. The van der Waals surface area contributed by atoms with Crippen LogP contribution in [-0.2, 0) is 6.54 Å². The normalized spacial score (nSPS) is 15.6. The van der Waals surface area contributed by atoms with Gasteiger partial charge >= 0.3 is 0 Å². The number of hydrogen-bond acceptors (Lipinski definition) is 7. The molecule has 1 atom stereocenters. The zero-order valence-electron chi connectivity index (χ0n) is 18.4. The highest BCUT2D eigenvalue weighted by molar-refractivity contribution is 5.58. The van der Waals surface area contributed by atoms with Crippen molar-refractivity contribution < 1.29 is 9.47 Å². The van der Waals surface area contributed by atoms with E-state index in [1.807, 2.05) is 28.9 Å². The molecular weight excluding hydrogens is 392 g/mol. The van der Waals surface area contributed by atoms with Crippen LogP contribution < -0.4 is 14.4 Å². The Labute approximate surface area is 183 Å². The minimum Gasteiger partial charge on any atom is -0.497 e. The Kier molecular flexibility index (Phi) is 6.66. The number of nitrogens with zero attached hydrogens (tertiary/aromatic N) is 6. The van der Waals surface area contributed by atoms with E-state index in [0.29, 0.717) is 6.54 Å². The van der Waals surface area contributed by atoms with E-state index in [9.17, 15) is 0 Å². The van der Waals surface area contributed by atoms with E-state index in [4.69, 9.17) is 9.47 Å². The van der Waals surface area contributed by atoms with E-state index in [1.165, 1.54) is 0 Å². The number of tetrazole rings is 1. The van der Waals surface area contributed by atoms with Crippen LogP contribution in [0.1, 0.15) is 30.8 Å². The maximum absolute atomic E-state index is 5.55. The number of methoxy groups -OCH3 is 2. The lowest BCUT2D eigenvalue weighted by Gasteiger charge is -2.39. The van der Waals surface area contributed by atoms with E-state index in [0.717, 1.165) is 61.2 Å². The van der Waals surface area contributed by atoms with Crippen LogP contribution in [-0.4, -0.2) is 65.5 Å². The zero-order valence-corrected chi connectivity index (χ0v) is 18.4. The highest BCUT2D eigenvalue weighted by Gasteiger charge is 2.28. The van der Waals surface area contributed by atoms with Gasteiger partial charge in [0.1, 0.15) is 11.5 Å². The molecule has 1 saturated heterocycles. The lowest BCUT2D eigenvalue weighted by atomic mass is 10.1. The molecule has 31 heavy (non-hydrogen) atoms. The number of para-hydroxylation sites is 2. The molecule has 0 bridgehead atoms. The van der Waals surface area contributed by atoms with Crippen molar-refractivity contribution in [1.82, 2.24) is 25.1 Å². The van der Waals surface area contributed by atoms with Crippen molar-refractivity contribution in [2.75, 3.05) is 45.3 Å². The smallest absolute Gasteiger partial charge is 0.168 e. The molecule has 2 aromatic carbocycles. The largest absolute Gasteiger partial charge is 0.497 e. The van der Waals surface area contributed by atoms with Gasteiger partial charge in [-0.05, 0) is 46.7 Å². The molecule has 0 aliphatic carbocycles. The second-order valence-electron chi connectivity index (χ2n) is 7.66. The van der Waals surface area contributed by atoms with Crippen molar-refractivity contribution in [2.45, 2.75) is 25.9 Å². The van der Waals surface area contributed by atoms with Gasteiger partial charge in [0.15, 0.2) is 5.82 Å². The van der Waals surface area contributed by atoms with Gasteiger partial charge in [-0.1, -0.05) is 31.2 Å². The summed E-state index contributed by atoms with van der Waals surface area (Å²) in [5.41, 5.74) is 2.30. The molecule has 2 heterocycles. The summed E-state index contributed by atoms with van der Waals surface area (Å²) in [5, 5.41) is 12.7. The second kappa shape index (κ2) is 9.78. The van der Waals surface area contributed by atoms with Crippen LogP contribution in [0.3, 0.4) is 0 Å². The zero-order chi connectivity index (χ0) is 21.6. The van der Waals surface area contributed by atoms with Crippen LogP contribution in [0.25, 0.3) is 0 Å². The number of ether oxygens (including phenoxy) is 2. The summed E-state index contributed by atoms with van der Waals surface area (Å²) in [6.45, 7) is 6.62. The predicted molar refractivity (Wildman–Crippen MR) is 120 cm³/mol. The molecule has 1 fully saturated rings. The molecule has 0 spiro atoms. The molecule has 1 aliphatic rings. The Balaban J connectivity index is 1.45. The van der Waals surface area contributed by atoms with E-state index in [1.54, 1.807) is 14.2 Å². The number of piperazine rings is 1. The standard InChI is InChI=1S/C23H30N6O2/c1-4-20(23-24-25-26-29(23)17-18-9-11-19(30-2)12-10-18)27-13-15-28(16-14-27)21-7-5-6-8-22(21)31-3/h5-12,20H,4,13-17H2,1-3H3. The third-order valence-corrected chi connectivity index (χ3v) is 5.92. The summed E-state index contributed by atoms with van der Waals surface area (Å²) in [6.07, 6.45) is 0.956. The Morgan fingerprint density at radius 1 is 0.935 bits per heavy atom. The molecule has 164 valence electrons. The number of anilines is 1. The van der Waals surface area contributed by atoms with Gasteiger partial charge in [0.05, 0.1) is 32.5 Å². The molecule has 0 saturated carbocycles. The quantitative estimate of drug-likeness (QED) is 0.553. The van der Waals surface area contributed by atoms with Gasteiger partial charge in [-0.3, -0.25) is 4.90 Å². The lowest BCUT2D eigenvalue weighted by Crippen LogP contribution is -2.48. The summed E-state index contributed by atoms with van der Waals surface area (Å²) in [7, 11) is 3.40. The van der Waals surface area contributed by atoms with E-state index in [2.05, 4.69) is 56.5 Å². The molecule has 0 amide bonds. The molecule has 8 nitrogen and oxygen atoms in total. The second-order valence-corrected chi connectivity index (χ2v) is 7.66. The van der Waals surface area contributed by atoms with Crippen LogP contribution in [0.5, 0.6) is 11.5 Å². The third kappa shape index (κ3) is 4.64. The summed E-state index contributed by atoms with van der Waals surface area (Å²) in [4.78, 5) is 4.88. The summed E-state index contributed by atoms with van der Waals surface area (Å²) in [5.74, 6) is 2.69. The summed E-state index contributed by atoms with van der Waals surface area (Å²) in [6, 6.07) is 16.4. The summed E-state index contributed by atoms with van der Waals surface area (Å²) >= 11 is 0. The molecule has 1 unspecified atom stereocenters. The fourth-order valence-electron chi connectivity index (χ4n) is 4.24. The first-order valence-corrected chi connectivity index (χ1v) is 10.7. The van der Waals surface area contributed by atoms with Gasteiger partial charge in [0.2, 0.25) is 0 Å². The number of benzene rings is 2. The van der Waals surface area contributed by atoms with Gasteiger partial charge < -0.3 is 14.4 Å². The molecule has 3 aromatic rings. The minimum absolute atomic E-state index is 0.188. The van der Waals surface area contributed by atoms with Gasteiger partial charge in [0.25, 0.3) is 0 Å². The molecule has 1 aromatic heterocycles. The van der Waals surface area contributed by atoms with Crippen LogP contribution in [0.4, 0.5) is 5.69 Å². The van der Waals surface area contributed by atoms with E-state index >= 15 is 0 Å². The number of aromatic nitrogens is 4. The molecule has 4 rings (SSSR count). The first-order chi connectivity index (χ1) is 15.2.